The van der Waals surface area contributed by atoms with Crippen molar-refractivity contribution in [1.82, 2.24) is 14.7 Å². The van der Waals surface area contributed by atoms with Gasteiger partial charge in [-0.3, -0.25) is 9.48 Å². The number of nitrogens with zero attached hydrogens (tertiary/aromatic N) is 3. The maximum absolute atomic E-state index is 12.3. The zero-order valence-corrected chi connectivity index (χ0v) is 12.7. The molecule has 2 aromatic rings. The Balaban J connectivity index is 1.68. The Morgan fingerprint density at radius 3 is 2.83 bits per heavy atom. The number of aliphatic hydroxyl groups excluding tert-OH is 2. The molecular weight excluding hydrogens is 294 g/mol. The molecule has 0 radical (unpaired) electrons. The van der Waals surface area contributed by atoms with E-state index in [0.29, 0.717) is 25.3 Å². The van der Waals surface area contributed by atoms with Gasteiger partial charge in [-0.25, -0.2) is 0 Å². The van der Waals surface area contributed by atoms with Crippen LogP contribution in [0.3, 0.4) is 0 Å². The SMILES string of the molecule is O=C(C=Cc1ccccc1)N1CCn2nc(C(O)CO)cc2C1. The maximum atomic E-state index is 12.3. The Morgan fingerprint density at radius 2 is 2.09 bits per heavy atom. The average molecular weight is 313 g/mol. The molecule has 1 atom stereocenters. The molecule has 1 aliphatic heterocycles. The van der Waals surface area contributed by atoms with E-state index in [0.717, 1.165) is 11.3 Å². The summed E-state index contributed by atoms with van der Waals surface area (Å²) in [5, 5.41) is 22.9. The topological polar surface area (TPSA) is 78.6 Å². The molecule has 0 saturated carbocycles. The molecule has 0 fully saturated rings. The molecule has 0 bridgehead atoms. The highest BCUT2D eigenvalue weighted by Crippen LogP contribution is 2.18. The summed E-state index contributed by atoms with van der Waals surface area (Å²) >= 11 is 0. The lowest BCUT2D eigenvalue weighted by Crippen LogP contribution is -2.37. The molecule has 1 aromatic carbocycles. The fraction of sp³-hybridized carbons (Fsp3) is 0.294. The number of amides is 1. The summed E-state index contributed by atoms with van der Waals surface area (Å²) in [6, 6.07) is 11.4. The number of benzene rings is 1. The predicted molar refractivity (Wildman–Crippen MR) is 85.2 cm³/mol. The van der Waals surface area contributed by atoms with E-state index in [1.165, 1.54) is 0 Å². The molecule has 23 heavy (non-hydrogen) atoms. The number of carbonyl (C=O) groups is 1. The molecular formula is C17H19N3O3. The first-order valence-electron chi connectivity index (χ1n) is 7.55. The molecule has 2 heterocycles. The van der Waals surface area contributed by atoms with Gasteiger partial charge in [-0.2, -0.15) is 5.10 Å². The van der Waals surface area contributed by atoms with Crippen molar-refractivity contribution >= 4 is 12.0 Å². The number of aromatic nitrogens is 2. The highest BCUT2D eigenvalue weighted by atomic mass is 16.3. The van der Waals surface area contributed by atoms with Crippen molar-refractivity contribution in [2.24, 2.45) is 0 Å². The fourth-order valence-corrected chi connectivity index (χ4v) is 2.57. The van der Waals surface area contributed by atoms with E-state index in [1.54, 1.807) is 27.8 Å². The molecule has 1 aliphatic rings. The van der Waals surface area contributed by atoms with Gasteiger partial charge in [-0.05, 0) is 17.7 Å². The third-order valence-electron chi connectivity index (χ3n) is 3.86. The van der Waals surface area contributed by atoms with Crippen LogP contribution in [0, 0.1) is 0 Å². The summed E-state index contributed by atoms with van der Waals surface area (Å²) in [4.78, 5) is 14.0. The van der Waals surface area contributed by atoms with Gasteiger partial charge in [-0.15, -0.1) is 0 Å². The smallest absolute Gasteiger partial charge is 0.246 e. The highest BCUT2D eigenvalue weighted by molar-refractivity contribution is 5.91. The van der Waals surface area contributed by atoms with Crippen LogP contribution < -0.4 is 0 Å². The molecule has 0 aliphatic carbocycles. The first kappa shape index (κ1) is 15.5. The quantitative estimate of drug-likeness (QED) is 0.824. The van der Waals surface area contributed by atoms with Crippen LogP contribution in [0.15, 0.2) is 42.5 Å². The minimum Gasteiger partial charge on any atom is -0.393 e. The van der Waals surface area contributed by atoms with Crippen molar-refractivity contribution in [1.29, 1.82) is 0 Å². The molecule has 2 N–H and O–H groups in total. The summed E-state index contributed by atoms with van der Waals surface area (Å²) < 4.78 is 1.78. The Kier molecular flexibility index (Phi) is 4.55. The number of fused-ring (bicyclic) bond motifs is 1. The van der Waals surface area contributed by atoms with E-state index in [9.17, 15) is 9.90 Å². The zero-order chi connectivity index (χ0) is 16.2. The lowest BCUT2D eigenvalue weighted by Gasteiger charge is -2.26. The van der Waals surface area contributed by atoms with Gasteiger partial charge in [0.1, 0.15) is 6.10 Å². The van der Waals surface area contributed by atoms with E-state index < -0.39 is 6.10 Å². The summed E-state index contributed by atoms with van der Waals surface area (Å²) in [6.45, 7) is 1.24. The third kappa shape index (κ3) is 3.49. The van der Waals surface area contributed by atoms with Gasteiger partial charge < -0.3 is 15.1 Å². The van der Waals surface area contributed by atoms with Crippen molar-refractivity contribution in [3.8, 4) is 0 Å². The van der Waals surface area contributed by atoms with Crippen LogP contribution in [-0.4, -0.2) is 44.0 Å². The van der Waals surface area contributed by atoms with Crippen molar-refractivity contribution in [2.45, 2.75) is 19.2 Å². The van der Waals surface area contributed by atoms with Gasteiger partial charge >= 0.3 is 0 Å². The Morgan fingerprint density at radius 1 is 1.30 bits per heavy atom. The molecule has 1 unspecified atom stereocenters. The number of hydrogen-bond acceptors (Lipinski definition) is 4. The van der Waals surface area contributed by atoms with Crippen LogP contribution in [0.25, 0.3) is 6.08 Å². The van der Waals surface area contributed by atoms with E-state index in [-0.39, 0.29) is 12.5 Å². The van der Waals surface area contributed by atoms with Crippen LogP contribution in [0.1, 0.15) is 23.1 Å². The Labute approximate surface area is 134 Å². The third-order valence-corrected chi connectivity index (χ3v) is 3.86. The van der Waals surface area contributed by atoms with Crippen LogP contribution >= 0.6 is 0 Å². The highest BCUT2D eigenvalue weighted by Gasteiger charge is 2.22. The van der Waals surface area contributed by atoms with Gasteiger partial charge in [0, 0.05) is 12.6 Å². The first-order chi connectivity index (χ1) is 11.2. The normalized spacial score (nSPS) is 15.7. The lowest BCUT2D eigenvalue weighted by molar-refractivity contribution is -0.127. The molecule has 1 aromatic heterocycles. The fourth-order valence-electron chi connectivity index (χ4n) is 2.57. The average Bonchev–Trinajstić information content (AvgIpc) is 3.03. The van der Waals surface area contributed by atoms with Gasteiger partial charge in [0.2, 0.25) is 5.91 Å². The van der Waals surface area contributed by atoms with Crippen LogP contribution in [0.2, 0.25) is 0 Å². The summed E-state index contributed by atoms with van der Waals surface area (Å²) in [6.07, 6.45) is 2.40. The van der Waals surface area contributed by atoms with Crippen molar-refractivity contribution in [2.75, 3.05) is 13.2 Å². The van der Waals surface area contributed by atoms with E-state index in [4.69, 9.17) is 5.11 Å². The Bertz CT molecular complexity index is 709. The van der Waals surface area contributed by atoms with Crippen LogP contribution in [0.5, 0.6) is 0 Å². The molecule has 3 rings (SSSR count). The van der Waals surface area contributed by atoms with Gasteiger partial charge in [0.25, 0.3) is 0 Å². The number of rotatable bonds is 4. The molecule has 120 valence electrons. The lowest BCUT2D eigenvalue weighted by atomic mass is 10.2. The largest absolute Gasteiger partial charge is 0.393 e. The standard InChI is InChI=1S/C17H19N3O3/c21-12-16(22)15-10-14-11-19(8-9-20(14)18-15)17(23)7-6-13-4-2-1-3-5-13/h1-7,10,16,21-22H,8-9,11-12H2. The predicted octanol–water partition coefficient (Wildman–Crippen LogP) is 0.964. The minimum atomic E-state index is -0.977. The molecule has 1 amide bonds. The Hall–Kier alpha value is -2.44. The van der Waals surface area contributed by atoms with Crippen molar-refractivity contribution < 1.29 is 15.0 Å². The molecule has 0 saturated heterocycles. The maximum Gasteiger partial charge on any atom is 0.246 e. The van der Waals surface area contributed by atoms with E-state index in [2.05, 4.69) is 5.10 Å². The second kappa shape index (κ2) is 6.76. The van der Waals surface area contributed by atoms with Crippen LogP contribution in [0.4, 0.5) is 0 Å². The number of hydrogen-bond donors (Lipinski definition) is 2. The van der Waals surface area contributed by atoms with Crippen LogP contribution in [-0.2, 0) is 17.9 Å². The summed E-state index contributed by atoms with van der Waals surface area (Å²) in [5.41, 5.74) is 2.29. The second-order valence-electron chi connectivity index (χ2n) is 5.49. The number of aliphatic hydroxyl groups is 2. The minimum absolute atomic E-state index is 0.0504. The molecule has 6 nitrogen and oxygen atoms in total. The number of carbonyl (C=O) groups excluding carboxylic acids is 1. The van der Waals surface area contributed by atoms with Crippen molar-refractivity contribution in [3.05, 3.63) is 59.4 Å². The van der Waals surface area contributed by atoms with E-state index in [1.807, 2.05) is 30.3 Å². The summed E-state index contributed by atoms with van der Waals surface area (Å²) in [7, 11) is 0. The van der Waals surface area contributed by atoms with Gasteiger partial charge in [0.15, 0.2) is 0 Å². The zero-order valence-electron chi connectivity index (χ0n) is 12.7. The second-order valence-corrected chi connectivity index (χ2v) is 5.49. The first-order valence-corrected chi connectivity index (χ1v) is 7.55. The van der Waals surface area contributed by atoms with Crippen molar-refractivity contribution in [3.63, 3.8) is 0 Å². The molecule has 6 heteroatoms. The molecule has 0 spiro atoms. The van der Waals surface area contributed by atoms with Gasteiger partial charge in [-0.1, -0.05) is 30.3 Å². The van der Waals surface area contributed by atoms with E-state index >= 15 is 0 Å². The van der Waals surface area contributed by atoms with Gasteiger partial charge in [0.05, 0.1) is 31.1 Å². The summed E-state index contributed by atoms with van der Waals surface area (Å²) in [5.74, 6) is -0.0504. The monoisotopic (exact) mass is 313 g/mol.